The summed E-state index contributed by atoms with van der Waals surface area (Å²) in [5.74, 6) is -0.412. The van der Waals surface area contributed by atoms with Gasteiger partial charge in [-0.25, -0.2) is 8.42 Å². The molecule has 1 aromatic rings. The van der Waals surface area contributed by atoms with E-state index >= 15 is 0 Å². The van der Waals surface area contributed by atoms with E-state index in [1.54, 1.807) is 0 Å². The zero-order valence-electron chi connectivity index (χ0n) is 11.7. The highest BCUT2D eigenvalue weighted by molar-refractivity contribution is 7.88. The first-order chi connectivity index (χ1) is 9.30. The molecule has 1 amide bonds. The molecule has 0 aliphatic carbocycles. The van der Waals surface area contributed by atoms with Gasteiger partial charge in [0, 0.05) is 6.20 Å². The second-order valence-electron chi connectivity index (χ2n) is 5.18. The van der Waals surface area contributed by atoms with E-state index in [4.69, 9.17) is 0 Å². The van der Waals surface area contributed by atoms with Gasteiger partial charge in [0.05, 0.1) is 12.0 Å². The Hall–Kier alpha value is -1.82. The molecule has 1 aliphatic rings. The minimum atomic E-state index is -3.50. The molecular formula is C14H18N2O3S. The number of nitrogens with one attached hydrogen (secondary N) is 1. The Bertz CT molecular complexity index is 636. The Balaban J connectivity index is 2.50. The maximum Gasteiger partial charge on any atom is 0.248 e. The molecule has 1 aliphatic heterocycles. The van der Waals surface area contributed by atoms with Gasteiger partial charge in [0.15, 0.2) is 0 Å². The molecule has 20 heavy (non-hydrogen) atoms. The lowest BCUT2D eigenvalue weighted by molar-refractivity contribution is -0.124. The first-order valence-corrected chi connectivity index (χ1v) is 8.22. The molecular weight excluding hydrogens is 276 g/mol. The van der Waals surface area contributed by atoms with Crippen LogP contribution in [0.3, 0.4) is 0 Å². The normalized spacial score (nSPS) is 19.8. The first-order valence-electron chi connectivity index (χ1n) is 6.37. The first kappa shape index (κ1) is 14.6. The van der Waals surface area contributed by atoms with Crippen LogP contribution in [0.25, 0.3) is 5.70 Å². The third-order valence-corrected chi connectivity index (χ3v) is 4.25. The number of hydrogen-bond donors (Lipinski definition) is 1. The third-order valence-electron chi connectivity index (χ3n) is 3.16. The Kier molecular flexibility index (Phi) is 3.85. The molecule has 1 aromatic carbocycles. The van der Waals surface area contributed by atoms with Crippen molar-refractivity contribution >= 4 is 21.6 Å². The SMILES string of the molecule is CC(C)[C@H]1C(=O)NC(c2ccccc2)=CN1S(C)(=O)=O. The lowest BCUT2D eigenvalue weighted by Crippen LogP contribution is -2.52. The van der Waals surface area contributed by atoms with Crippen LogP contribution in [-0.2, 0) is 14.8 Å². The lowest BCUT2D eigenvalue weighted by atomic mass is 10.0. The summed E-state index contributed by atoms with van der Waals surface area (Å²) in [6, 6.07) is 8.46. The van der Waals surface area contributed by atoms with Gasteiger partial charge in [-0.1, -0.05) is 44.2 Å². The third kappa shape index (κ3) is 2.85. The zero-order valence-corrected chi connectivity index (χ0v) is 12.5. The van der Waals surface area contributed by atoms with Crippen molar-refractivity contribution in [3.8, 4) is 0 Å². The van der Waals surface area contributed by atoms with Crippen LogP contribution in [-0.4, -0.2) is 30.9 Å². The minimum Gasteiger partial charge on any atom is -0.322 e. The van der Waals surface area contributed by atoms with Gasteiger partial charge in [-0.2, -0.15) is 0 Å². The van der Waals surface area contributed by atoms with E-state index in [1.165, 1.54) is 6.20 Å². The van der Waals surface area contributed by atoms with Crippen molar-refractivity contribution in [1.82, 2.24) is 9.62 Å². The van der Waals surface area contributed by atoms with Crippen LogP contribution >= 0.6 is 0 Å². The number of hydrogen-bond acceptors (Lipinski definition) is 3. The largest absolute Gasteiger partial charge is 0.322 e. The maximum atomic E-state index is 12.2. The standard InChI is InChI=1S/C14H18N2O3S/c1-10(2)13-14(17)15-12(9-16(13)20(3,18)19)11-7-5-4-6-8-11/h4-10,13H,1-3H3,(H,15,17)/t13-/m0/s1. The predicted octanol–water partition coefficient (Wildman–Crippen LogP) is 1.40. The molecule has 0 aromatic heterocycles. The summed E-state index contributed by atoms with van der Waals surface area (Å²) in [7, 11) is -3.50. The Labute approximate surface area is 119 Å². The van der Waals surface area contributed by atoms with Crippen molar-refractivity contribution in [2.75, 3.05) is 6.26 Å². The van der Waals surface area contributed by atoms with Gasteiger partial charge in [-0.05, 0) is 11.5 Å². The quantitative estimate of drug-likeness (QED) is 0.916. The summed E-state index contributed by atoms with van der Waals surface area (Å²) in [6.07, 6.45) is 2.61. The van der Waals surface area contributed by atoms with Gasteiger partial charge in [-0.15, -0.1) is 0 Å². The smallest absolute Gasteiger partial charge is 0.248 e. The van der Waals surface area contributed by atoms with Gasteiger partial charge in [0.1, 0.15) is 6.04 Å². The lowest BCUT2D eigenvalue weighted by Gasteiger charge is -2.35. The van der Waals surface area contributed by atoms with E-state index in [1.807, 2.05) is 44.2 Å². The number of rotatable bonds is 3. The molecule has 0 bridgehead atoms. The Morgan fingerprint density at radius 2 is 1.80 bits per heavy atom. The van der Waals surface area contributed by atoms with Crippen LogP contribution in [0.15, 0.2) is 36.5 Å². The van der Waals surface area contributed by atoms with Gasteiger partial charge in [-0.3, -0.25) is 9.10 Å². The van der Waals surface area contributed by atoms with Crippen LogP contribution in [0, 0.1) is 5.92 Å². The van der Waals surface area contributed by atoms with Crippen LogP contribution in [0.1, 0.15) is 19.4 Å². The fraction of sp³-hybridized carbons (Fsp3) is 0.357. The summed E-state index contributed by atoms with van der Waals surface area (Å²) in [5, 5.41) is 2.78. The average molecular weight is 294 g/mol. The Morgan fingerprint density at radius 3 is 2.30 bits per heavy atom. The summed E-state index contributed by atoms with van der Waals surface area (Å²) >= 11 is 0. The molecule has 108 valence electrons. The van der Waals surface area contributed by atoms with Crippen LogP contribution < -0.4 is 5.32 Å². The topological polar surface area (TPSA) is 66.5 Å². The summed E-state index contributed by atoms with van der Waals surface area (Å²) in [6.45, 7) is 3.65. The molecule has 6 heteroatoms. The fourth-order valence-corrected chi connectivity index (χ4v) is 3.27. The van der Waals surface area contributed by atoms with Crippen LogP contribution in [0.4, 0.5) is 0 Å². The van der Waals surface area contributed by atoms with Gasteiger partial charge >= 0.3 is 0 Å². The molecule has 5 nitrogen and oxygen atoms in total. The minimum absolute atomic E-state index is 0.113. The number of nitrogens with zero attached hydrogens (tertiary/aromatic N) is 1. The molecule has 0 saturated carbocycles. The van der Waals surface area contributed by atoms with Crippen molar-refractivity contribution in [3.63, 3.8) is 0 Å². The zero-order chi connectivity index (χ0) is 14.9. The average Bonchev–Trinajstić information content (AvgIpc) is 2.37. The van der Waals surface area contributed by atoms with E-state index in [-0.39, 0.29) is 11.8 Å². The van der Waals surface area contributed by atoms with E-state index < -0.39 is 16.1 Å². The van der Waals surface area contributed by atoms with Gasteiger partial charge < -0.3 is 5.32 Å². The number of carbonyl (C=O) groups excluding carboxylic acids is 1. The monoisotopic (exact) mass is 294 g/mol. The highest BCUT2D eigenvalue weighted by atomic mass is 32.2. The van der Waals surface area contributed by atoms with E-state index in [9.17, 15) is 13.2 Å². The van der Waals surface area contributed by atoms with Crippen molar-refractivity contribution in [3.05, 3.63) is 42.1 Å². The second-order valence-corrected chi connectivity index (χ2v) is 7.07. The molecule has 1 atom stereocenters. The van der Waals surface area contributed by atoms with E-state index in [0.717, 1.165) is 16.1 Å². The highest BCUT2D eigenvalue weighted by Crippen LogP contribution is 2.24. The van der Waals surface area contributed by atoms with Crippen molar-refractivity contribution in [2.24, 2.45) is 5.92 Å². The molecule has 0 spiro atoms. The molecule has 1 heterocycles. The molecule has 0 fully saturated rings. The van der Waals surface area contributed by atoms with Crippen LogP contribution in [0.2, 0.25) is 0 Å². The van der Waals surface area contributed by atoms with Crippen LogP contribution in [0.5, 0.6) is 0 Å². The molecule has 0 saturated heterocycles. The fourth-order valence-electron chi connectivity index (χ4n) is 2.23. The summed E-state index contributed by atoms with van der Waals surface area (Å²) < 4.78 is 25.0. The summed E-state index contributed by atoms with van der Waals surface area (Å²) in [4.78, 5) is 12.2. The summed E-state index contributed by atoms with van der Waals surface area (Å²) in [5.41, 5.74) is 1.27. The maximum absolute atomic E-state index is 12.2. The Morgan fingerprint density at radius 1 is 1.20 bits per heavy atom. The number of benzene rings is 1. The molecule has 0 unspecified atom stereocenters. The molecule has 2 rings (SSSR count). The van der Waals surface area contributed by atoms with E-state index in [0.29, 0.717) is 5.70 Å². The number of amides is 1. The predicted molar refractivity (Wildman–Crippen MR) is 77.9 cm³/mol. The van der Waals surface area contributed by atoms with E-state index in [2.05, 4.69) is 5.32 Å². The number of carbonyl (C=O) groups is 1. The highest BCUT2D eigenvalue weighted by Gasteiger charge is 2.36. The number of sulfonamides is 1. The van der Waals surface area contributed by atoms with Crippen molar-refractivity contribution in [1.29, 1.82) is 0 Å². The molecule has 0 radical (unpaired) electrons. The second kappa shape index (κ2) is 5.28. The van der Waals surface area contributed by atoms with Gasteiger partial charge in [0.25, 0.3) is 0 Å². The van der Waals surface area contributed by atoms with Gasteiger partial charge in [0.2, 0.25) is 15.9 Å². The van der Waals surface area contributed by atoms with Crippen molar-refractivity contribution in [2.45, 2.75) is 19.9 Å². The van der Waals surface area contributed by atoms with Crippen molar-refractivity contribution < 1.29 is 13.2 Å². The molecule has 1 N–H and O–H groups in total.